The Bertz CT molecular complexity index is 597. The summed E-state index contributed by atoms with van der Waals surface area (Å²) in [5, 5.41) is 20.5. The second-order valence-electron chi connectivity index (χ2n) is 3.50. The molecule has 0 spiro atoms. The molecule has 0 fully saturated rings. The Kier molecular flexibility index (Phi) is 3.65. The molecule has 1 amide bonds. The smallest absolute Gasteiger partial charge is 0.257 e. The molecule has 0 unspecified atom stereocenters. The molecule has 2 aromatic rings. The zero-order valence-corrected chi connectivity index (χ0v) is 10.5. The van der Waals surface area contributed by atoms with Crippen molar-refractivity contribution >= 4 is 22.4 Å². The van der Waals surface area contributed by atoms with Crippen LogP contribution in [0.3, 0.4) is 0 Å². The minimum absolute atomic E-state index is 0.252. The number of nitrogens with one attached hydrogen (secondary N) is 1. The van der Waals surface area contributed by atoms with Gasteiger partial charge in [0, 0.05) is 5.56 Å². The van der Waals surface area contributed by atoms with E-state index >= 15 is 0 Å². The third kappa shape index (κ3) is 2.70. The number of rotatable bonds is 3. The summed E-state index contributed by atoms with van der Waals surface area (Å²) in [5.74, 6) is -0.252. The predicted molar refractivity (Wildman–Crippen MR) is 68.4 cm³/mol. The van der Waals surface area contributed by atoms with Crippen LogP contribution in [-0.4, -0.2) is 16.1 Å². The van der Waals surface area contributed by atoms with E-state index in [0.29, 0.717) is 16.3 Å². The van der Waals surface area contributed by atoms with Gasteiger partial charge in [-0.3, -0.25) is 10.1 Å². The molecule has 1 aromatic carbocycles. The molecule has 0 aliphatic heterocycles. The quantitative estimate of drug-likeness (QED) is 0.915. The molecule has 0 aliphatic rings. The molecule has 0 saturated heterocycles. The van der Waals surface area contributed by atoms with Gasteiger partial charge in [0.2, 0.25) is 5.13 Å². The normalized spacial score (nSPS) is 9.78. The third-order valence-electron chi connectivity index (χ3n) is 2.27. The molecular formula is C12H10N4OS. The van der Waals surface area contributed by atoms with Gasteiger partial charge in [-0.25, -0.2) is 0 Å². The van der Waals surface area contributed by atoms with Gasteiger partial charge in [0.1, 0.15) is 5.01 Å². The van der Waals surface area contributed by atoms with Gasteiger partial charge in [-0.1, -0.05) is 18.3 Å². The van der Waals surface area contributed by atoms with E-state index in [4.69, 9.17) is 5.26 Å². The molecule has 0 saturated carbocycles. The Morgan fingerprint density at radius 3 is 2.67 bits per heavy atom. The lowest BCUT2D eigenvalue weighted by Gasteiger charge is -2.00. The number of carbonyl (C=O) groups is 1. The van der Waals surface area contributed by atoms with E-state index in [2.05, 4.69) is 15.5 Å². The van der Waals surface area contributed by atoms with Crippen LogP contribution < -0.4 is 5.32 Å². The highest BCUT2D eigenvalue weighted by Crippen LogP contribution is 2.16. The van der Waals surface area contributed by atoms with E-state index in [1.54, 1.807) is 24.3 Å². The van der Waals surface area contributed by atoms with Crippen LogP contribution in [0.2, 0.25) is 0 Å². The summed E-state index contributed by atoms with van der Waals surface area (Å²) in [7, 11) is 0. The number of amides is 1. The lowest BCUT2D eigenvalue weighted by molar-refractivity contribution is 0.102. The number of aromatic nitrogens is 2. The molecular weight excluding hydrogens is 248 g/mol. The zero-order chi connectivity index (χ0) is 13.0. The standard InChI is InChI=1S/C12H10N4OS/c1-2-10-15-16-12(18-10)14-11(17)9-5-3-8(7-13)4-6-9/h3-6H,2H2,1H3,(H,14,16,17). The second-order valence-corrected chi connectivity index (χ2v) is 4.56. The van der Waals surface area contributed by atoms with Crippen LogP contribution in [-0.2, 0) is 6.42 Å². The molecule has 0 atom stereocenters. The van der Waals surface area contributed by atoms with Crippen LogP contribution in [0.25, 0.3) is 0 Å². The first-order valence-corrected chi connectivity index (χ1v) is 6.18. The molecule has 0 bridgehead atoms. The highest BCUT2D eigenvalue weighted by Gasteiger charge is 2.09. The number of aryl methyl sites for hydroxylation is 1. The van der Waals surface area contributed by atoms with E-state index in [1.165, 1.54) is 11.3 Å². The maximum absolute atomic E-state index is 11.9. The Hall–Kier alpha value is -2.26. The average Bonchev–Trinajstić information content (AvgIpc) is 2.86. The zero-order valence-electron chi connectivity index (χ0n) is 9.67. The van der Waals surface area contributed by atoms with Gasteiger partial charge < -0.3 is 0 Å². The molecule has 2 rings (SSSR count). The lowest BCUT2D eigenvalue weighted by atomic mass is 10.1. The lowest BCUT2D eigenvalue weighted by Crippen LogP contribution is -2.11. The number of nitriles is 1. The molecule has 0 aliphatic carbocycles. The number of hydrogen-bond acceptors (Lipinski definition) is 5. The van der Waals surface area contributed by atoms with Crippen molar-refractivity contribution in [1.82, 2.24) is 10.2 Å². The highest BCUT2D eigenvalue weighted by molar-refractivity contribution is 7.15. The summed E-state index contributed by atoms with van der Waals surface area (Å²) in [6.45, 7) is 1.98. The van der Waals surface area contributed by atoms with E-state index in [0.717, 1.165) is 11.4 Å². The first-order chi connectivity index (χ1) is 8.72. The number of benzene rings is 1. The maximum Gasteiger partial charge on any atom is 0.257 e. The summed E-state index contributed by atoms with van der Waals surface area (Å²) in [6.07, 6.45) is 0.796. The molecule has 18 heavy (non-hydrogen) atoms. The third-order valence-corrected chi connectivity index (χ3v) is 3.25. The van der Waals surface area contributed by atoms with Crippen molar-refractivity contribution in [1.29, 1.82) is 5.26 Å². The maximum atomic E-state index is 11.9. The van der Waals surface area contributed by atoms with Crippen molar-refractivity contribution in [3.8, 4) is 6.07 Å². The van der Waals surface area contributed by atoms with E-state index in [-0.39, 0.29) is 5.91 Å². The van der Waals surface area contributed by atoms with Gasteiger partial charge in [-0.2, -0.15) is 5.26 Å². The second kappa shape index (κ2) is 5.38. The van der Waals surface area contributed by atoms with Crippen molar-refractivity contribution in [2.45, 2.75) is 13.3 Å². The van der Waals surface area contributed by atoms with Gasteiger partial charge in [0.05, 0.1) is 11.6 Å². The fourth-order valence-electron chi connectivity index (χ4n) is 1.31. The van der Waals surface area contributed by atoms with Crippen LogP contribution in [0, 0.1) is 11.3 Å². The fraction of sp³-hybridized carbons (Fsp3) is 0.167. The monoisotopic (exact) mass is 258 g/mol. The minimum atomic E-state index is -0.252. The van der Waals surface area contributed by atoms with Crippen molar-refractivity contribution in [2.24, 2.45) is 0 Å². The fourth-order valence-corrected chi connectivity index (χ4v) is 1.99. The van der Waals surface area contributed by atoms with Crippen LogP contribution in [0.4, 0.5) is 5.13 Å². The topological polar surface area (TPSA) is 78.7 Å². The molecule has 0 radical (unpaired) electrons. The van der Waals surface area contributed by atoms with E-state index in [9.17, 15) is 4.79 Å². The summed E-state index contributed by atoms with van der Waals surface area (Å²) in [6, 6.07) is 8.42. The molecule has 90 valence electrons. The van der Waals surface area contributed by atoms with Gasteiger partial charge in [0.15, 0.2) is 0 Å². The van der Waals surface area contributed by atoms with E-state index < -0.39 is 0 Å². The van der Waals surface area contributed by atoms with Crippen molar-refractivity contribution < 1.29 is 4.79 Å². The molecule has 1 heterocycles. The van der Waals surface area contributed by atoms with Gasteiger partial charge >= 0.3 is 0 Å². The Morgan fingerprint density at radius 2 is 2.11 bits per heavy atom. The van der Waals surface area contributed by atoms with Gasteiger partial charge in [-0.15, -0.1) is 10.2 Å². The SMILES string of the molecule is CCc1nnc(NC(=O)c2ccc(C#N)cc2)s1. The highest BCUT2D eigenvalue weighted by atomic mass is 32.1. The minimum Gasteiger partial charge on any atom is -0.296 e. The summed E-state index contributed by atoms with van der Waals surface area (Å²) < 4.78 is 0. The van der Waals surface area contributed by atoms with Crippen LogP contribution in [0.5, 0.6) is 0 Å². The molecule has 5 nitrogen and oxygen atoms in total. The summed E-state index contributed by atoms with van der Waals surface area (Å²) in [5.41, 5.74) is 1.01. The molecule has 6 heteroatoms. The Morgan fingerprint density at radius 1 is 1.39 bits per heavy atom. The van der Waals surface area contributed by atoms with Gasteiger partial charge in [0.25, 0.3) is 5.91 Å². The average molecular weight is 258 g/mol. The Labute approximate surface area is 108 Å². The number of nitrogens with zero attached hydrogens (tertiary/aromatic N) is 3. The largest absolute Gasteiger partial charge is 0.296 e. The number of carbonyl (C=O) groups excluding carboxylic acids is 1. The first kappa shape index (κ1) is 12.2. The van der Waals surface area contributed by atoms with Crippen molar-refractivity contribution in [3.63, 3.8) is 0 Å². The van der Waals surface area contributed by atoms with Gasteiger partial charge in [-0.05, 0) is 30.7 Å². The predicted octanol–water partition coefficient (Wildman–Crippen LogP) is 2.22. The molecule has 1 N–H and O–H groups in total. The van der Waals surface area contributed by atoms with E-state index in [1.807, 2.05) is 13.0 Å². The first-order valence-electron chi connectivity index (χ1n) is 5.37. The van der Waals surface area contributed by atoms with Crippen LogP contribution >= 0.6 is 11.3 Å². The number of hydrogen-bond donors (Lipinski definition) is 1. The summed E-state index contributed by atoms with van der Waals surface area (Å²) in [4.78, 5) is 11.9. The van der Waals surface area contributed by atoms with Crippen LogP contribution in [0.15, 0.2) is 24.3 Å². The number of anilines is 1. The molecule has 1 aromatic heterocycles. The Balaban J connectivity index is 2.09. The van der Waals surface area contributed by atoms with Crippen molar-refractivity contribution in [3.05, 3.63) is 40.4 Å². The summed E-state index contributed by atoms with van der Waals surface area (Å²) >= 11 is 1.36. The van der Waals surface area contributed by atoms with Crippen LogP contribution in [0.1, 0.15) is 27.9 Å². The van der Waals surface area contributed by atoms with Crippen molar-refractivity contribution in [2.75, 3.05) is 5.32 Å².